The van der Waals surface area contributed by atoms with Crippen molar-refractivity contribution in [3.63, 3.8) is 0 Å². The Morgan fingerprint density at radius 3 is 1.73 bits per heavy atom. The number of hydrogen-bond donors (Lipinski definition) is 1. The molecule has 150 valence electrons. The van der Waals surface area contributed by atoms with Crippen molar-refractivity contribution in [1.29, 1.82) is 0 Å². The molecule has 0 saturated carbocycles. The van der Waals surface area contributed by atoms with Gasteiger partial charge in [-0.05, 0) is 0 Å². The monoisotopic (exact) mass is 379 g/mol. The summed E-state index contributed by atoms with van der Waals surface area (Å²) in [6, 6.07) is 6.24. The molecule has 0 fully saturated rings. The van der Waals surface area contributed by atoms with E-state index in [9.17, 15) is 4.79 Å². The van der Waals surface area contributed by atoms with Crippen molar-refractivity contribution in [3.8, 4) is 0 Å². The van der Waals surface area contributed by atoms with Crippen molar-refractivity contribution in [3.05, 3.63) is 29.3 Å². The Kier molecular flexibility index (Phi) is 10.5. The van der Waals surface area contributed by atoms with Crippen molar-refractivity contribution in [2.75, 3.05) is 23.8 Å². The molecule has 1 aromatic carbocycles. The van der Waals surface area contributed by atoms with Crippen molar-refractivity contribution < 1.29 is 4.79 Å². The Hall–Kier alpha value is -0.880. The summed E-state index contributed by atoms with van der Waals surface area (Å²) in [6.45, 7) is 13.2. The molecule has 3 heteroatoms. The SMILES string of the molecule is CCCC[PH](CCCC)(CCCC)C(C)C(=O)Nc1c(C)cccc1C. The third-order valence-electron chi connectivity index (χ3n) is 6.13. The minimum atomic E-state index is -1.63. The molecule has 0 aromatic heterocycles. The number of carbonyl (C=O) groups is 1. The average molecular weight is 380 g/mol. The Bertz CT molecular complexity index is 513. The van der Waals surface area contributed by atoms with E-state index in [4.69, 9.17) is 0 Å². The number of aryl methyl sites for hydroxylation is 2. The standard InChI is InChI=1S/C23H42NOP/c1-7-10-16-26(17-11-8-2,18-12-9-3)21(6)23(25)24-22-19(4)14-13-15-20(22)5/h13-15,21,26H,7-12,16-18H2,1-6H3,(H,24,25). The van der Waals surface area contributed by atoms with E-state index in [0.29, 0.717) is 0 Å². The molecular formula is C23H42NOP. The van der Waals surface area contributed by atoms with Gasteiger partial charge < -0.3 is 0 Å². The van der Waals surface area contributed by atoms with Gasteiger partial charge in [0.25, 0.3) is 0 Å². The number of benzene rings is 1. The van der Waals surface area contributed by atoms with Crippen molar-refractivity contribution >= 4 is 18.9 Å². The molecule has 26 heavy (non-hydrogen) atoms. The molecule has 1 aromatic rings. The number of unbranched alkanes of at least 4 members (excludes halogenated alkanes) is 3. The number of anilines is 1. The molecule has 0 heterocycles. The maximum absolute atomic E-state index is 13.3. The molecule has 0 spiro atoms. The fraction of sp³-hybridized carbons (Fsp3) is 0.696. The van der Waals surface area contributed by atoms with E-state index >= 15 is 0 Å². The van der Waals surface area contributed by atoms with E-state index in [1.54, 1.807) is 0 Å². The van der Waals surface area contributed by atoms with Gasteiger partial charge in [-0.2, -0.15) is 0 Å². The molecule has 2 nitrogen and oxygen atoms in total. The van der Waals surface area contributed by atoms with Crippen LogP contribution >= 0.6 is 7.26 Å². The summed E-state index contributed by atoms with van der Waals surface area (Å²) in [5, 5.41) is 3.31. The van der Waals surface area contributed by atoms with Gasteiger partial charge in [0.2, 0.25) is 0 Å². The van der Waals surface area contributed by atoms with Gasteiger partial charge in [0.05, 0.1) is 0 Å². The van der Waals surface area contributed by atoms with Crippen LogP contribution in [-0.2, 0) is 4.79 Å². The second-order valence-corrected chi connectivity index (χ2v) is 13.2. The van der Waals surface area contributed by atoms with Gasteiger partial charge in [-0.1, -0.05) is 0 Å². The summed E-state index contributed by atoms with van der Waals surface area (Å²) in [7, 11) is -1.63. The van der Waals surface area contributed by atoms with E-state index in [-0.39, 0.29) is 11.6 Å². The molecule has 0 aliphatic carbocycles. The number of para-hydroxylation sites is 1. The van der Waals surface area contributed by atoms with E-state index in [1.165, 1.54) is 57.0 Å². The maximum atomic E-state index is 13.3. The average Bonchev–Trinajstić information content (AvgIpc) is 2.64. The summed E-state index contributed by atoms with van der Waals surface area (Å²) in [6.07, 6.45) is 11.5. The Morgan fingerprint density at radius 1 is 0.923 bits per heavy atom. The molecule has 1 N–H and O–H groups in total. The van der Waals surface area contributed by atoms with E-state index < -0.39 is 7.26 Å². The van der Waals surface area contributed by atoms with Gasteiger partial charge in [0.1, 0.15) is 0 Å². The Morgan fingerprint density at radius 2 is 1.35 bits per heavy atom. The summed E-state index contributed by atoms with van der Waals surface area (Å²) >= 11 is 0. The first-order chi connectivity index (χ1) is 12.4. The van der Waals surface area contributed by atoms with E-state index in [2.05, 4.69) is 65.1 Å². The summed E-state index contributed by atoms with van der Waals surface area (Å²) < 4.78 is 0. The first-order valence-electron chi connectivity index (χ1n) is 10.8. The predicted molar refractivity (Wildman–Crippen MR) is 122 cm³/mol. The van der Waals surface area contributed by atoms with Crippen LogP contribution in [0.3, 0.4) is 0 Å². The van der Waals surface area contributed by atoms with Gasteiger partial charge in [-0.15, -0.1) is 0 Å². The van der Waals surface area contributed by atoms with Crippen molar-refractivity contribution in [2.45, 2.75) is 85.7 Å². The van der Waals surface area contributed by atoms with Crippen LogP contribution in [0.25, 0.3) is 0 Å². The Balaban J connectivity index is 3.06. The molecule has 0 radical (unpaired) electrons. The van der Waals surface area contributed by atoms with Crippen molar-refractivity contribution in [1.82, 2.24) is 0 Å². The molecular weight excluding hydrogens is 337 g/mol. The molecule has 0 saturated heterocycles. The summed E-state index contributed by atoms with van der Waals surface area (Å²) in [5.74, 6) is 0.261. The van der Waals surface area contributed by atoms with Crippen LogP contribution in [0, 0.1) is 13.8 Å². The summed E-state index contributed by atoms with van der Waals surface area (Å²) in [4.78, 5) is 13.3. The predicted octanol–water partition coefficient (Wildman–Crippen LogP) is 6.78. The second kappa shape index (κ2) is 11.8. The third-order valence-corrected chi connectivity index (χ3v) is 12.3. The zero-order chi connectivity index (χ0) is 19.6. The molecule has 0 aliphatic rings. The van der Waals surface area contributed by atoms with E-state index in [0.717, 1.165) is 16.8 Å². The number of hydrogen-bond acceptors (Lipinski definition) is 1. The number of amides is 1. The van der Waals surface area contributed by atoms with Crippen LogP contribution in [0.2, 0.25) is 0 Å². The van der Waals surface area contributed by atoms with Gasteiger partial charge in [0.15, 0.2) is 0 Å². The minimum absolute atomic E-state index is 0.186. The van der Waals surface area contributed by atoms with Gasteiger partial charge >= 0.3 is 163 Å². The first kappa shape index (κ1) is 23.2. The third kappa shape index (κ3) is 6.38. The zero-order valence-corrected chi connectivity index (χ0v) is 19.1. The topological polar surface area (TPSA) is 29.1 Å². The van der Waals surface area contributed by atoms with E-state index in [1.807, 2.05) is 0 Å². The molecule has 0 aliphatic heterocycles. The molecule has 1 atom stereocenters. The first-order valence-corrected chi connectivity index (χ1v) is 13.5. The normalized spacial score (nSPS) is 13.5. The zero-order valence-electron chi connectivity index (χ0n) is 18.1. The second-order valence-electron chi connectivity index (χ2n) is 8.15. The van der Waals surface area contributed by atoms with Gasteiger partial charge in [-0.25, -0.2) is 0 Å². The molecule has 1 rings (SSSR count). The van der Waals surface area contributed by atoms with Crippen LogP contribution in [0.4, 0.5) is 5.69 Å². The number of nitrogens with one attached hydrogen (secondary N) is 1. The quantitative estimate of drug-likeness (QED) is 0.398. The van der Waals surface area contributed by atoms with Crippen molar-refractivity contribution in [2.24, 2.45) is 0 Å². The van der Waals surface area contributed by atoms with Crippen LogP contribution < -0.4 is 5.32 Å². The number of rotatable bonds is 12. The van der Waals surface area contributed by atoms with Gasteiger partial charge in [-0.3, -0.25) is 0 Å². The molecule has 1 unspecified atom stereocenters. The van der Waals surface area contributed by atoms with Crippen LogP contribution in [-0.4, -0.2) is 30.1 Å². The fourth-order valence-electron chi connectivity index (χ4n) is 4.13. The number of carbonyl (C=O) groups excluding carboxylic acids is 1. The molecule has 0 bridgehead atoms. The molecule has 1 amide bonds. The fourth-order valence-corrected chi connectivity index (χ4v) is 9.98. The van der Waals surface area contributed by atoms with Crippen LogP contribution in [0.1, 0.15) is 77.3 Å². The van der Waals surface area contributed by atoms with Gasteiger partial charge in [0, 0.05) is 0 Å². The van der Waals surface area contributed by atoms with Crippen LogP contribution in [0.15, 0.2) is 18.2 Å². The van der Waals surface area contributed by atoms with Crippen LogP contribution in [0.5, 0.6) is 0 Å². The summed E-state index contributed by atoms with van der Waals surface area (Å²) in [5.41, 5.74) is 3.53. The Labute approximate surface area is 162 Å².